The Morgan fingerprint density at radius 2 is 1.81 bits per heavy atom. The van der Waals surface area contributed by atoms with Crippen molar-refractivity contribution in [2.24, 2.45) is 5.73 Å². The highest BCUT2D eigenvalue weighted by atomic mass is 16.4. The number of hydrogen-bond donors (Lipinski definition) is 3. The van der Waals surface area contributed by atoms with E-state index in [1.165, 1.54) is 11.2 Å². The van der Waals surface area contributed by atoms with Crippen LogP contribution >= 0.6 is 0 Å². The first-order valence-electron chi connectivity index (χ1n) is 10.4. The van der Waals surface area contributed by atoms with Crippen LogP contribution < -0.4 is 16.0 Å². The third-order valence-electron chi connectivity index (χ3n) is 5.43. The molecule has 1 fully saturated rings. The number of rotatable bonds is 8. The number of amides is 3. The number of para-hydroxylation sites is 1. The number of hydrogen-bond acceptors (Lipinski definition) is 5. The fourth-order valence-corrected chi connectivity index (χ4v) is 3.80. The van der Waals surface area contributed by atoms with Crippen molar-refractivity contribution in [3.05, 3.63) is 54.5 Å². The van der Waals surface area contributed by atoms with E-state index in [2.05, 4.69) is 5.32 Å². The van der Waals surface area contributed by atoms with E-state index in [4.69, 9.17) is 15.3 Å². The second-order valence-corrected chi connectivity index (χ2v) is 7.58. The third kappa shape index (κ3) is 5.85. The van der Waals surface area contributed by atoms with Crippen LogP contribution in [0.15, 0.2) is 53.1 Å². The predicted octanol–water partition coefficient (Wildman–Crippen LogP) is 2.64. The molecule has 1 aromatic carbocycles. The summed E-state index contributed by atoms with van der Waals surface area (Å²) in [5.74, 6) is -0.557. The van der Waals surface area contributed by atoms with E-state index in [0.29, 0.717) is 5.69 Å². The Morgan fingerprint density at radius 3 is 2.42 bits per heavy atom. The van der Waals surface area contributed by atoms with E-state index in [-0.39, 0.29) is 30.9 Å². The summed E-state index contributed by atoms with van der Waals surface area (Å²) in [5.41, 5.74) is 6.56. The second-order valence-electron chi connectivity index (χ2n) is 7.58. The molecule has 31 heavy (non-hydrogen) atoms. The molecule has 9 heteroatoms. The summed E-state index contributed by atoms with van der Waals surface area (Å²) in [5, 5.41) is 11.0. The van der Waals surface area contributed by atoms with Crippen LogP contribution in [0, 0.1) is 0 Å². The highest BCUT2D eigenvalue weighted by Gasteiger charge is 2.32. The van der Waals surface area contributed by atoms with E-state index in [0.717, 1.165) is 32.1 Å². The average molecular weight is 428 g/mol. The SMILES string of the molecule is NC(CNC(=O)O)C(=O)N(CN(C(=O)c1ccco1)C1CCCCC1)c1ccccc1. The summed E-state index contributed by atoms with van der Waals surface area (Å²) in [6, 6.07) is 11.0. The van der Waals surface area contributed by atoms with Gasteiger partial charge in [-0.15, -0.1) is 0 Å². The van der Waals surface area contributed by atoms with Crippen molar-refractivity contribution in [3.63, 3.8) is 0 Å². The van der Waals surface area contributed by atoms with Crippen molar-refractivity contribution >= 4 is 23.6 Å². The monoisotopic (exact) mass is 428 g/mol. The molecule has 4 N–H and O–H groups in total. The molecule has 1 atom stereocenters. The lowest BCUT2D eigenvalue weighted by Crippen LogP contribution is -2.55. The van der Waals surface area contributed by atoms with E-state index in [1.54, 1.807) is 41.3 Å². The highest BCUT2D eigenvalue weighted by Crippen LogP contribution is 2.26. The van der Waals surface area contributed by atoms with Gasteiger partial charge in [0.25, 0.3) is 5.91 Å². The van der Waals surface area contributed by atoms with Crippen molar-refractivity contribution in [1.29, 1.82) is 0 Å². The molecule has 0 aliphatic heterocycles. The number of furan rings is 1. The lowest BCUT2D eigenvalue weighted by molar-refractivity contribution is -0.120. The van der Waals surface area contributed by atoms with Crippen LogP contribution in [0.3, 0.4) is 0 Å². The lowest BCUT2D eigenvalue weighted by Gasteiger charge is -2.38. The van der Waals surface area contributed by atoms with Crippen LogP contribution in [0.1, 0.15) is 42.7 Å². The van der Waals surface area contributed by atoms with Crippen LogP contribution in [0.4, 0.5) is 10.5 Å². The Bertz CT molecular complexity index is 865. The molecule has 1 aliphatic rings. The molecule has 3 amide bonds. The molecule has 1 heterocycles. The number of nitrogens with one attached hydrogen (secondary N) is 1. The van der Waals surface area contributed by atoms with Crippen LogP contribution in [0.5, 0.6) is 0 Å². The third-order valence-corrected chi connectivity index (χ3v) is 5.43. The van der Waals surface area contributed by atoms with E-state index < -0.39 is 18.0 Å². The van der Waals surface area contributed by atoms with Gasteiger partial charge in [-0.25, -0.2) is 4.79 Å². The summed E-state index contributed by atoms with van der Waals surface area (Å²) in [6.07, 6.45) is 5.01. The second kappa shape index (κ2) is 10.6. The molecular weight excluding hydrogens is 400 g/mol. The van der Waals surface area contributed by atoms with E-state index in [1.807, 2.05) is 6.07 Å². The Labute approximate surface area is 180 Å². The van der Waals surface area contributed by atoms with Gasteiger partial charge in [-0.2, -0.15) is 0 Å². The molecule has 0 saturated heterocycles. The molecule has 0 radical (unpaired) electrons. The number of nitrogens with zero attached hydrogens (tertiary/aromatic N) is 2. The van der Waals surface area contributed by atoms with Crippen molar-refractivity contribution in [3.8, 4) is 0 Å². The van der Waals surface area contributed by atoms with Gasteiger partial charge in [0.2, 0.25) is 5.91 Å². The molecule has 1 saturated carbocycles. The lowest BCUT2D eigenvalue weighted by atomic mass is 9.94. The van der Waals surface area contributed by atoms with Crippen LogP contribution in [0.25, 0.3) is 0 Å². The zero-order chi connectivity index (χ0) is 22.2. The molecule has 3 rings (SSSR count). The summed E-state index contributed by atoms with van der Waals surface area (Å²) in [7, 11) is 0. The van der Waals surface area contributed by atoms with Gasteiger partial charge in [0.15, 0.2) is 5.76 Å². The summed E-state index contributed by atoms with van der Waals surface area (Å²) >= 11 is 0. The minimum Gasteiger partial charge on any atom is -0.465 e. The number of carboxylic acid groups (broad SMARTS) is 1. The van der Waals surface area contributed by atoms with Crippen molar-refractivity contribution in [2.45, 2.75) is 44.2 Å². The first kappa shape index (κ1) is 22.4. The van der Waals surface area contributed by atoms with Gasteiger partial charge in [-0.1, -0.05) is 37.5 Å². The zero-order valence-electron chi connectivity index (χ0n) is 17.3. The molecule has 1 aromatic heterocycles. The molecule has 9 nitrogen and oxygen atoms in total. The predicted molar refractivity (Wildman–Crippen MR) is 115 cm³/mol. The number of nitrogens with two attached hydrogens (primary N) is 1. The zero-order valence-corrected chi connectivity index (χ0v) is 17.3. The van der Waals surface area contributed by atoms with Gasteiger partial charge >= 0.3 is 6.09 Å². The summed E-state index contributed by atoms with van der Waals surface area (Å²) in [4.78, 5) is 40.4. The van der Waals surface area contributed by atoms with Crippen LogP contribution in [-0.2, 0) is 4.79 Å². The molecule has 0 spiro atoms. The first-order valence-corrected chi connectivity index (χ1v) is 10.4. The summed E-state index contributed by atoms with van der Waals surface area (Å²) in [6.45, 7) is -0.235. The van der Waals surface area contributed by atoms with E-state index in [9.17, 15) is 14.4 Å². The number of carbonyl (C=O) groups excluding carboxylic acids is 2. The van der Waals surface area contributed by atoms with Gasteiger partial charge in [0.05, 0.1) is 6.26 Å². The van der Waals surface area contributed by atoms with Crippen LogP contribution in [-0.4, -0.2) is 53.2 Å². The van der Waals surface area contributed by atoms with Gasteiger partial charge in [-0.3, -0.25) is 14.5 Å². The fourth-order valence-electron chi connectivity index (χ4n) is 3.80. The normalized spacial score (nSPS) is 15.1. The Balaban J connectivity index is 1.88. The van der Waals surface area contributed by atoms with Crippen molar-refractivity contribution in [2.75, 3.05) is 18.1 Å². The minimum absolute atomic E-state index is 0.00613. The maximum absolute atomic E-state index is 13.3. The standard InChI is InChI=1S/C22H28N4O5/c23-18(14-24-22(29)30)20(27)25(16-8-3-1-4-9-16)15-26(17-10-5-2-6-11-17)21(28)19-12-7-13-31-19/h1,3-4,7-9,12-13,17-18,24H,2,5-6,10-11,14-15,23H2,(H,29,30). The first-order chi connectivity index (χ1) is 15.0. The molecule has 2 aromatic rings. The smallest absolute Gasteiger partial charge is 0.404 e. The molecule has 1 unspecified atom stereocenters. The Kier molecular flexibility index (Phi) is 7.66. The Hall–Kier alpha value is -3.33. The minimum atomic E-state index is -1.26. The molecule has 0 bridgehead atoms. The molecule has 166 valence electrons. The maximum Gasteiger partial charge on any atom is 0.404 e. The average Bonchev–Trinajstić information content (AvgIpc) is 3.33. The number of carbonyl (C=O) groups is 3. The van der Waals surface area contributed by atoms with E-state index >= 15 is 0 Å². The van der Waals surface area contributed by atoms with Gasteiger partial charge in [0, 0.05) is 18.3 Å². The molecular formula is C22H28N4O5. The number of benzene rings is 1. The van der Waals surface area contributed by atoms with Gasteiger partial charge in [0.1, 0.15) is 12.7 Å². The quantitative estimate of drug-likeness (QED) is 0.554. The van der Waals surface area contributed by atoms with Crippen molar-refractivity contribution in [1.82, 2.24) is 10.2 Å². The fraction of sp³-hybridized carbons (Fsp3) is 0.409. The topological polar surface area (TPSA) is 129 Å². The number of anilines is 1. The van der Waals surface area contributed by atoms with Gasteiger partial charge < -0.3 is 25.5 Å². The highest BCUT2D eigenvalue weighted by molar-refractivity contribution is 5.98. The van der Waals surface area contributed by atoms with Crippen LogP contribution in [0.2, 0.25) is 0 Å². The van der Waals surface area contributed by atoms with Crippen molar-refractivity contribution < 1.29 is 23.9 Å². The summed E-state index contributed by atoms with van der Waals surface area (Å²) < 4.78 is 5.33. The van der Waals surface area contributed by atoms with Gasteiger partial charge in [-0.05, 0) is 37.1 Å². The molecule has 1 aliphatic carbocycles. The Morgan fingerprint density at radius 1 is 1.10 bits per heavy atom. The maximum atomic E-state index is 13.3. The largest absolute Gasteiger partial charge is 0.465 e.